The van der Waals surface area contributed by atoms with Crippen LogP contribution in [0.3, 0.4) is 0 Å². The number of hydrogen-bond acceptors (Lipinski definition) is 5. The summed E-state index contributed by atoms with van der Waals surface area (Å²) < 4.78 is 28.8. The average Bonchev–Trinajstić information content (AvgIpc) is 2.79. The Morgan fingerprint density at radius 2 is 2.04 bits per heavy atom. The van der Waals surface area contributed by atoms with Crippen LogP contribution in [0.2, 0.25) is 5.02 Å². The lowest BCUT2D eigenvalue weighted by atomic mass is 10.2. The van der Waals surface area contributed by atoms with Gasteiger partial charge in [0, 0.05) is 53.2 Å². The van der Waals surface area contributed by atoms with Gasteiger partial charge in [-0.1, -0.05) is 11.6 Å². The molecule has 5 nitrogen and oxygen atoms in total. The average molecular weight is 347 g/mol. The van der Waals surface area contributed by atoms with Crippen LogP contribution in [0.1, 0.15) is 9.68 Å². The molecule has 2 aliphatic heterocycles. The summed E-state index contributed by atoms with van der Waals surface area (Å²) in [4.78, 5) is 8.02. The topological polar surface area (TPSA) is 48.3 Å². The van der Waals surface area contributed by atoms with Crippen LogP contribution in [0, 0.1) is 0 Å². The highest BCUT2D eigenvalue weighted by molar-refractivity contribution is 6.31. The van der Waals surface area contributed by atoms with Crippen molar-refractivity contribution >= 4 is 29.2 Å². The van der Waals surface area contributed by atoms with Crippen LogP contribution in [-0.2, 0) is 0 Å². The molecule has 0 atom stereocenters. The second kappa shape index (κ2) is 6.00. The first-order chi connectivity index (χ1) is 12.8. The van der Waals surface area contributed by atoms with Gasteiger partial charge in [0.1, 0.15) is 17.2 Å². The van der Waals surface area contributed by atoms with Crippen molar-refractivity contribution in [3.8, 4) is 17.2 Å². The predicted molar refractivity (Wildman–Crippen MR) is 96.6 cm³/mol. The number of likely N-dealkylation sites (N-methyl/N-ethyl adjacent to an activating group) is 1. The quantitative estimate of drug-likeness (QED) is 0.730. The van der Waals surface area contributed by atoms with E-state index in [0.717, 1.165) is 11.3 Å². The van der Waals surface area contributed by atoms with Crippen LogP contribution < -0.4 is 9.64 Å². The van der Waals surface area contributed by atoms with E-state index in [4.69, 9.17) is 20.5 Å². The standard InChI is InChI=1S/C18H18ClN3O2/c1-21-4-6-22(7-5-21)16-9-13(19)8-15-18(16)24-17-10-14(23)3-2-12(17)11-20-15/h2-3,8-11,23H,4-7H2,1H3/i1D3. The fourth-order valence-electron chi connectivity index (χ4n) is 2.92. The van der Waals surface area contributed by atoms with Gasteiger partial charge in [-0.2, -0.15) is 0 Å². The van der Waals surface area contributed by atoms with Gasteiger partial charge in [0.25, 0.3) is 0 Å². The first-order valence-corrected chi connectivity index (χ1v) is 8.07. The van der Waals surface area contributed by atoms with Gasteiger partial charge in [0.2, 0.25) is 0 Å². The van der Waals surface area contributed by atoms with Gasteiger partial charge >= 0.3 is 0 Å². The SMILES string of the molecule is [2H]C([2H])([2H])N1CCN(c2cc(Cl)cc3c2Oc2cc(O)ccc2C=N3)CC1. The molecule has 2 aromatic rings. The number of phenols is 1. The summed E-state index contributed by atoms with van der Waals surface area (Å²) >= 11 is 6.30. The Kier molecular flexibility index (Phi) is 3.04. The van der Waals surface area contributed by atoms with E-state index in [1.165, 1.54) is 4.90 Å². The summed E-state index contributed by atoms with van der Waals surface area (Å²) in [5.74, 6) is 1.15. The largest absolute Gasteiger partial charge is 0.508 e. The summed E-state index contributed by atoms with van der Waals surface area (Å²) in [6, 6.07) is 8.37. The summed E-state index contributed by atoms with van der Waals surface area (Å²) in [7, 11) is 0. The summed E-state index contributed by atoms with van der Waals surface area (Å²) in [5, 5.41) is 10.3. The number of hydrogen-bond donors (Lipinski definition) is 1. The molecule has 6 heteroatoms. The monoisotopic (exact) mass is 346 g/mol. The minimum atomic E-state index is -2.09. The maximum Gasteiger partial charge on any atom is 0.176 e. The van der Waals surface area contributed by atoms with E-state index in [0.29, 0.717) is 48.4 Å². The second-order valence-corrected chi connectivity index (χ2v) is 6.27. The van der Waals surface area contributed by atoms with Gasteiger partial charge < -0.3 is 19.6 Å². The van der Waals surface area contributed by atoms with E-state index in [2.05, 4.69) is 9.89 Å². The smallest absolute Gasteiger partial charge is 0.176 e. The van der Waals surface area contributed by atoms with Gasteiger partial charge in [-0.3, -0.25) is 4.99 Å². The van der Waals surface area contributed by atoms with Crippen LogP contribution in [0.5, 0.6) is 17.2 Å². The lowest BCUT2D eigenvalue weighted by molar-refractivity contribution is 0.312. The number of nitrogens with zero attached hydrogens (tertiary/aromatic N) is 3. The normalized spacial score (nSPS) is 19.4. The van der Waals surface area contributed by atoms with Crippen molar-refractivity contribution in [1.29, 1.82) is 0 Å². The first kappa shape index (κ1) is 12.2. The first-order valence-electron chi connectivity index (χ1n) is 9.20. The number of piperazine rings is 1. The molecule has 0 unspecified atom stereocenters. The molecule has 0 saturated carbocycles. The van der Waals surface area contributed by atoms with E-state index >= 15 is 0 Å². The third-order valence-corrected chi connectivity index (χ3v) is 4.40. The molecule has 0 aliphatic carbocycles. The molecular formula is C18H18ClN3O2. The molecule has 0 aromatic heterocycles. The maximum atomic E-state index is 9.78. The van der Waals surface area contributed by atoms with E-state index in [1.54, 1.807) is 36.5 Å². The Morgan fingerprint density at radius 1 is 1.21 bits per heavy atom. The molecule has 1 saturated heterocycles. The molecule has 24 heavy (non-hydrogen) atoms. The molecule has 1 fully saturated rings. The molecule has 2 heterocycles. The van der Waals surface area contributed by atoms with Crippen molar-refractivity contribution in [2.45, 2.75) is 0 Å². The van der Waals surface area contributed by atoms with Crippen molar-refractivity contribution in [3.05, 3.63) is 40.9 Å². The number of benzene rings is 2. The third-order valence-electron chi connectivity index (χ3n) is 4.19. The Bertz CT molecular complexity index is 909. The van der Waals surface area contributed by atoms with Gasteiger partial charge in [0.05, 0.1) is 5.69 Å². The van der Waals surface area contributed by atoms with E-state index < -0.39 is 6.98 Å². The number of phenolic OH excluding ortho intramolecular Hbond substituents is 1. The molecule has 2 aliphatic rings. The highest BCUT2D eigenvalue weighted by atomic mass is 35.5. The Hall–Kier alpha value is -2.24. The van der Waals surface area contributed by atoms with Crippen LogP contribution in [0.4, 0.5) is 11.4 Å². The number of fused-ring (bicyclic) bond motifs is 2. The number of aliphatic imine (C=N–C) groups is 1. The van der Waals surface area contributed by atoms with E-state index in [-0.39, 0.29) is 5.75 Å². The number of anilines is 1. The lowest BCUT2D eigenvalue weighted by Crippen LogP contribution is -2.44. The molecule has 1 N–H and O–H groups in total. The van der Waals surface area contributed by atoms with E-state index in [1.807, 2.05) is 0 Å². The van der Waals surface area contributed by atoms with Crippen LogP contribution >= 0.6 is 11.6 Å². The Morgan fingerprint density at radius 3 is 2.83 bits per heavy atom. The summed E-state index contributed by atoms with van der Waals surface area (Å²) in [5.41, 5.74) is 2.10. The third kappa shape index (κ3) is 2.81. The van der Waals surface area contributed by atoms with Crippen molar-refractivity contribution in [3.63, 3.8) is 0 Å². The molecule has 0 radical (unpaired) electrons. The number of halogens is 1. The van der Waals surface area contributed by atoms with Crippen molar-refractivity contribution in [2.75, 3.05) is 38.1 Å². The molecule has 124 valence electrons. The second-order valence-electron chi connectivity index (χ2n) is 5.83. The lowest BCUT2D eigenvalue weighted by Gasteiger charge is -2.35. The van der Waals surface area contributed by atoms with Gasteiger partial charge in [-0.05, 0) is 31.2 Å². The van der Waals surface area contributed by atoms with Crippen LogP contribution in [0.15, 0.2) is 35.3 Å². The maximum absolute atomic E-state index is 9.78. The summed E-state index contributed by atoms with van der Waals surface area (Å²) in [6.07, 6.45) is 1.67. The number of ether oxygens (including phenoxy) is 1. The fraction of sp³-hybridized carbons (Fsp3) is 0.278. The van der Waals surface area contributed by atoms with Gasteiger partial charge in [0.15, 0.2) is 5.75 Å². The van der Waals surface area contributed by atoms with Crippen molar-refractivity contribution in [2.24, 2.45) is 4.99 Å². The Labute approximate surface area is 150 Å². The Balaban J connectivity index is 1.69. The zero-order valence-corrected chi connectivity index (χ0v) is 13.6. The minimum absolute atomic E-state index is 0.104. The molecule has 2 aromatic carbocycles. The van der Waals surface area contributed by atoms with E-state index in [9.17, 15) is 5.11 Å². The molecular weight excluding hydrogens is 326 g/mol. The highest BCUT2D eigenvalue weighted by Crippen LogP contribution is 2.45. The van der Waals surface area contributed by atoms with Crippen LogP contribution in [0.25, 0.3) is 0 Å². The predicted octanol–water partition coefficient (Wildman–Crippen LogP) is 3.65. The molecule has 0 amide bonds. The number of aromatic hydroxyl groups is 1. The highest BCUT2D eigenvalue weighted by Gasteiger charge is 2.23. The zero-order chi connectivity index (χ0) is 19.2. The molecule has 0 bridgehead atoms. The van der Waals surface area contributed by atoms with Crippen molar-refractivity contribution in [1.82, 2.24) is 4.90 Å². The molecule has 4 rings (SSSR count). The molecule has 0 spiro atoms. The minimum Gasteiger partial charge on any atom is -0.508 e. The van der Waals surface area contributed by atoms with Crippen molar-refractivity contribution < 1.29 is 14.0 Å². The number of rotatable bonds is 1. The van der Waals surface area contributed by atoms with Gasteiger partial charge in [-0.15, -0.1) is 0 Å². The fourth-order valence-corrected chi connectivity index (χ4v) is 3.12. The summed E-state index contributed by atoms with van der Waals surface area (Å²) in [6.45, 7) is -0.193. The van der Waals surface area contributed by atoms with Gasteiger partial charge in [-0.25, -0.2) is 0 Å². The van der Waals surface area contributed by atoms with Crippen LogP contribution in [-0.4, -0.2) is 49.4 Å². The zero-order valence-electron chi connectivity index (χ0n) is 15.9.